The van der Waals surface area contributed by atoms with Gasteiger partial charge >= 0.3 is 0 Å². The van der Waals surface area contributed by atoms with Crippen molar-refractivity contribution in [3.63, 3.8) is 0 Å². The Bertz CT molecular complexity index is 994. The smallest absolute Gasteiger partial charge is 0.234 e. The van der Waals surface area contributed by atoms with E-state index >= 15 is 0 Å². The van der Waals surface area contributed by atoms with Gasteiger partial charge < -0.3 is 14.8 Å². The molecule has 2 aromatic carbocycles. The second-order valence-corrected chi connectivity index (χ2v) is 7.37. The number of thioether (sulfide) groups is 1. The second kappa shape index (κ2) is 9.23. The maximum absolute atomic E-state index is 12.4. The number of imidazole rings is 1. The van der Waals surface area contributed by atoms with Crippen molar-refractivity contribution in [2.24, 2.45) is 0 Å². The van der Waals surface area contributed by atoms with Crippen molar-refractivity contribution in [2.45, 2.75) is 5.16 Å². The number of carbonyl (C=O) groups is 1. The lowest BCUT2D eigenvalue weighted by atomic mass is 10.2. The van der Waals surface area contributed by atoms with Crippen molar-refractivity contribution in [1.82, 2.24) is 9.55 Å². The molecule has 0 saturated heterocycles. The molecular formula is C19H17Cl2N3O3S. The molecule has 28 heavy (non-hydrogen) atoms. The summed E-state index contributed by atoms with van der Waals surface area (Å²) in [6.07, 6.45) is 3.49. The van der Waals surface area contributed by atoms with Crippen LogP contribution in [0.4, 0.5) is 5.69 Å². The Hall–Kier alpha value is -2.35. The summed E-state index contributed by atoms with van der Waals surface area (Å²) in [6.45, 7) is 0. The topological polar surface area (TPSA) is 65.4 Å². The van der Waals surface area contributed by atoms with Crippen molar-refractivity contribution in [2.75, 3.05) is 25.3 Å². The predicted octanol–water partition coefficient (Wildman–Crippen LogP) is 4.93. The maximum Gasteiger partial charge on any atom is 0.234 e. The van der Waals surface area contributed by atoms with Gasteiger partial charge in [-0.25, -0.2) is 4.98 Å². The minimum atomic E-state index is -0.215. The molecular weight excluding hydrogens is 421 g/mol. The standard InChI is InChI=1S/C19H17Cl2N3O3S/c1-26-16-10-15(17(27-2)9-14(16)21)23-18(25)11-28-19-22-6-7-24(19)13-5-3-4-12(20)8-13/h3-10H,11H2,1-2H3,(H,23,25). The monoisotopic (exact) mass is 437 g/mol. The first-order valence-electron chi connectivity index (χ1n) is 8.15. The zero-order valence-corrected chi connectivity index (χ0v) is 17.4. The van der Waals surface area contributed by atoms with Crippen LogP contribution >= 0.6 is 35.0 Å². The van der Waals surface area contributed by atoms with E-state index in [9.17, 15) is 4.79 Å². The van der Waals surface area contributed by atoms with E-state index in [2.05, 4.69) is 10.3 Å². The number of hydrogen-bond donors (Lipinski definition) is 1. The number of amides is 1. The number of hydrogen-bond acceptors (Lipinski definition) is 5. The molecule has 0 saturated carbocycles. The van der Waals surface area contributed by atoms with Crippen molar-refractivity contribution < 1.29 is 14.3 Å². The second-order valence-electron chi connectivity index (χ2n) is 5.58. The number of nitrogens with one attached hydrogen (secondary N) is 1. The Morgan fingerprint density at radius 3 is 2.68 bits per heavy atom. The zero-order chi connectivity index (χ0) is 20.1. The first kappa shape index (κ1) is 20.4. The van der Waals surface area contributed by atoms with Gasteiger partial charge in [0.15, 0.2) is 5.16 Å². The summed E-state index contributed by atoms with van der Waals surface area (Å²) in [5, 5.41) is 4.52. The van der Waals surface area contributed by atoms with Crippen LogP contribution in [0.5, 0.6) is 11.5 Å². The lowest BCUT2D eigenvalue weighted by Gasteiger charge is -2.13. The molecule has 1 N–H and O–H groups in total. The van der Waals surface area contributed by atoms with Crippen LogP contribution in [0.15, 0.2) is 53.9 Å². The highest BCUT2D eigenvalue weighted by atomic mass is 35.5. The average molecular weight is 438 g/mol. The van der Waals surface area contributed by atoms with Gasteiger partial charge in [-0.1, -0.05) is 41.0 Å². The summed E-state index contributed by atoms with van der Waals surface area (Å²) in [5.74, 6) is 0.839. The quantitative estimate of drug-likeness (QED) is 0.530. The Balaban J connectivity index is 1.70. The molecule has 1 amide bonds. The third kappa shape index (κ3) is 4.73. The highest BCUT2D eigenvalue weighted by Crippen LogP contribution is 2.36. The number of carbonyl (C=O) groups excluding carboxylic acids is 1. The molecule has 3 aromatic rings. The predicted molar refractivity (Wildman–Crippen MR) is 112 cm³/mol. The summed E-state index contributed by atoms with van der Waals surface area (Å²) in [6, 6.07) is 10.6. The van der Waals surface area contributed by atoms with Crippen LogP contribution < -0.4 is 14.8 Å². The van der Waals surface area contributed by atoms with E-state index in [0.29, 0.717) is 32.4 Å². The van der Waals surface area contributed by atoms with E-state index in [-0.39, 0.29) is 11.7 Å². The number of aromatic nitrogens is 2. The molecule has 3 rings (SSSR count). The molecule has 0 fully saturated rings. The third-order valence-corrected chi connectivity index (χ3v) is 5.27. The van der Waals surface area contributed by atoms with Gasteiger partial charge in [0.05, 0.1) is 30.7 Å². The molecule has 146 valence electrons. The van der Waals surface area contributed by atoms with Gasteiger partial charge in [-0.2, -0.15) is 0 Å². The summed E-state index contributed by atoms with van der Waals surface area (Å²) in [4.78, 5) is 16.8. The van der Waals surface area contributed by atoms with Gasteiger partial charge in [0.2, 0.25) is 5.91 Å². The van der Waals surface area contributed by atoms with E-state index in [1.165, 1.54) is 26.0 Å². The molecule has 0 aliphatic heterocycles. The lowest BCUT2D eigenvalue weighted by Crippen LogP contribution is -2.15. The van der Waals surface area contributed by atoms with Crippen molar-refractivity contribution in [3.05, 3.63) is 58.8 Å². The normalized spacial score (nSPS) is 10.6. The molecule has 6 nitrogen and oxygen atoms in total. The van der Waals surface area contributed by atoms with E-state index in [1.807, 2.05) is 29.0 Å². The minimum Gasteiger partial charge on any atom is -0.495 e. The average Bonchev–Trinajstić information content (AvgIpc) is 3.16. The van der Waals surface area contributed by atoms with Gasteiger partial charge in [-0.3, -0.25) is 9.36 Å². The minimum absolute atomic E-state index is 0.158. The van der Waals surface area contributed by atoms with E-state index in [4.69, 9.17) is 32.7 Å². The number of ether oxygens (including phenoxy) is 2. The van der Waals surface area contributed by atoms with Crippen molar-refractivity contribution in [1.29, 1.82) is 0 Å². The van der Waals surface area contributed by atoms with Crippen LogP contribution in [0.2, 0.25) is 10.0 Å². The fourth-order valence-corrected chi connectivity index (χ4v) is 3.68. The first-order valence-corrected chi connectivity index (χ1v) is 9.89. The Kier molecular flexibility index (Phi) is 6.72. The van der Waals surface area contributed by atoms with Crippen LogP contribution in [0.1, 0.15) is 0 Å². The van der Waals surface area contributed by atoms with Gasteiger partial charge in [0, 0.05) is 35.2 Å². The van der Waals surface area contributed by atoms with Crippen LogP contribution in [-0.4, -0.2) is 35.4 Å². The largest absolute Gasteiger partial charge is 0.495 e. The molecule has 0 aliphatic rings. The van der Waals surface area contributed by atoms with Crippen LogP contribution in [0.25, 0.3) is 5.69 Å². The number of rotatable bonds is 7. The molecule has 0 spiro atoms. The first-order chi connectivity index (χ1) is 13.5. The van der Waals surface area contributed by atoms with Gasteiger partial charge in [-0.15, -0.1) is 0 Å². The van der Waals surface area contributed by atoms with Crippen LogP contribution in [0.3, 0.4) is 0 Å². The number of nitrogens with zero attached hydrogens (tertiary/aromatic N) is 2. The molecule has 9 heteroatoms. The Morgan fingerprint density at radius 2 is 1.96 bits per heavy atom. The molecule has 1 heterocycles. The molecule has 0 bridgehead atoms. The summed E-state index contributed by atoms with van der Waals surface area (Å²) in [7, 11) is 3.01. The fraction of sp³-hybridized carbons (Fsp3) is 0.158. The molecule has 0 unspecified atom stereocenters. The van der Waals surface area contributed by atoms with E-state index in [1.54, 1.807) is 24.4 Å². The fourth-order valence-electron chi connectivity index (χ4n) is 2.49. The summed E-state index contributed by atoms with van der Waals surface area (Å²) in [5.41, 5.74) is 1.35. The van der Waals surface area contributed by atoms with E-state index < -0.39 is 0 Å². The van der Waals surface area contributed by atoms with Crippen molar-refractivity contribution in [3.8, 4) is 17.2 Å². The number of anilines is 1. The van der Waals surface area contributed by atoms with Crippen molar-refractivity contribution >= 4 is 46.6 Å². The molecule has 0 radical (unpaired) electrons. The molecule has 1 aromatic heterocycles. The molecule has 0 atom stereocenters. The highest BCUT2D eigenvalue weighted by Gasteiger charge is 2.14. The number of benzene rings is 2. The SMILES string of the molecule is COc1cc(NC(=O)CSc2nccn2-c2cccc(Cl)c2)c(OC)cc1Cl. The summed E-state index contributed by atoms with van der Waals surface area (Å²) >= 11 is 13.5. The van der Waals surface area contributed by atoms with Gasteiger partial charge in [0.1, 0.15) is 11.5 Å². The van der Waals surface area contributed by atoms with Gasteiger partial charge in [-0.05, 0) is 18.2 Å². The van der Waals surface area contributed by atoms with E-state index in [0.717, 1.165) is 5.69 Å². The van der Waals surface area contributed by atoms with Crippen LogP contribution in [0, 0.1) is 0 Å². The Morgan fingerprint density at radius 1 is 1.18 bits per heavy atom. The maximum atomic E-state index is 12.4. The lowest BCUT2D eigenvalue weighted by molar-refractivity contribution is -0.113. The zero-order valence-electron chi connectivity index (χ0n) is 15.1. The number of halogens is 2. The summed E-state index contributed by atoms with van der Waals surface area (Å²) < 4.78 is 12.3. The highest BCUT2D eigenvalue weighted by molar-refractivity contribution is 7.99. The van der Waals surface area contributed by atoms with Gasteiger partial charge in [0.25, 0.3) is 0 Å². The third-order valence-electron chi connectivity index (χ3n) is 3.77. The number of methoxy groups -OCH3 is 2. The Labute approximate surface area is 176 Å². The molecule has 0 aliphatic carbocycles. The van der Waals surface area contributed by atoms with Crippen LogP contribution in [-0.2, 0) is 4.79 Å².